The normalized spacial score (nSPS) is 18.5. The van der Waals surface area contributed by atoms with Crippen LogP contribution in [0, 0.1) is 0 Å². The van der Waals surface area contributed by atoms with Crippen molar-refractivity contribution < 1.29 is 4.79 Å². The molecule has 0 spiro atoms. The molecular weight excluding hydrogens is 298 g/mol. The van der Waals surface area contributed by atoms with Gasteiger partial charge in [-0.1, -0.05) is 30.7 Å². The zero-order valence-electron chi connectivity index (χ0n) is 13.6. The van der Waals surface area contributed by atoms with Crippen LogP contribution < -0.4 is 10.6 Å². The van der Waals surface area contributed by atoms with E-state index in [9.17, 15) is 4.79 Å². The van der Waals surface area contributed by atoms with Gasteiger partial charge in [0, 0.05) is 19.1 Å². The smallest absolute Gasteiger partial charge is 0.234 e. The molecule has 1 amide bonds. The van der Waals surface area contributed by atoms with Gasteiger partial charge in [-0.2, -0.15) is 0 Å². The number of hydrogen-bond acceptors (Lipinski definition) is 3. The van der Waals surface area contributed by atoms with Gasteiger partial charge >= 0.3 is 0 Å². The van der Waals surface area contributed by atoms with E-state index in [0.29, 0.717) is 19.1 Å². The van der Waals surface area contributed by atoms with Crippen LogP contribution in [0.25, 0.3) is 0 Å². The molecule has 1 saturated heterocycles. The third-order valence-electron chi connectivity index (χ3n) is 4.25. The molecule has 1 aliphatic rings. The van der Waals surface area contributed by atoms with Crippen molar-refractivity contribution in [1.82, 2.24) is 15.5 Å². The Morgan fingerprint density at radius 2 is 2.00 bits per heavy atom. The Hall–Kier alpha value is -1.10. The number of carbonyl (C=O) groups excluding carboxylic acids is 1. The van der Waals surface area contributed by atoms with Crippen LogP contribution in [-0.2, 0) is 17.9 Å². The van der Waals surface area contributed by atoms with Crippen LogP contribution in [0.5, 0.6) is 0 Å². The van der Waals surface area contributed by atoms with Crippen molar-refractivity contribution in [2.45, 2.75) is 45.3 Å². The Morgan fingerprint density at radius 3 is 2.68 bits per heavy atom. The van der Waals surface area contributed by atoms with E-state index in [2.05, 4.69) is 40.7 Å². The van der Waals surface area contributed by atoms with Gasteiger partial charge in [0.15, 0.2) is 0 Å². The average Bonchev–Trinajstić information content (AvgIpc) is 2.49. The molecule has 1 aromatic carbocycles. The Labute approximate surface area is 140 Å². The summed E-state index contributed by atoms with van der Waals surface area (Å²) in [6, 6.07) is 9.08. The number of piperidine rings is 1. The van der Waals surface area contributed by atoms with Gasteiger partial charge in [0.25, 0.3) is 0 Å². The SMILES string of the molecule is CNCC(=O)NCc1ccccc1CN1CCCCC1C.Cl. The monoisotopic (exact) mass is 325 g/mol. The van der Waals surface area contributed by atoms with Crippen LogP contribution in [0.4, 0.5) is 0 Å². The summed E-state index contributed by atoms with van der Waals surface area (Å²) in [7, 11) is 1.78. The largest absolute Gasteiger partial charge is 0.351 e. The minimum atomic E-state index is 0. The number of likely N-dealkylation sites (tertiary alicyclic amines) is 1. The van der Waals surface area contributed by atoms with Crippen molar-refractivity contribution in [2.24, 2.45) is 0 Å². The lowest BCUT2D eigenvalue weighted by atomic mass is 10.0. The third-order valence-corrected chi connectivity index (χ3v) is 4.25. The highest BCUT2D eigenvalue weighted by Gasteiger charge is 2.19. The molecule has 2 N–H and O–H groups in total. The fraction of sp³-hybridized carbons (Fsp3) is 0.588. The van der Waals surface area contributed by atoms with Crippen LogP contribution in [0.15, 0.2) is 24.3 Å². The summed E-state index contributed by atoms with van der Waals surface area (Å²) in [5, 5.41) is 5.84. The number of amides is 1. The van der Waals surface area contributed by atoms with Crippen molar-refractivity contribution in [3.63, 3.8) is 0 Å². The van der Waals surface area contributed by atoms with Crippen LogP contribution in [0.3, 0.4) is 0 Å². The highest BCUT2D eigenvalue weighted by molar-refractivity contribution is 5.85. The first-order valence-electron chi connectivity index (χ1n) is 7.93. The van der Waals surface area contributed by atoms with Crippen molar-refractivity contribution in [3.8, 4) is 0 Å². The molecule has 124 valence electrons. The molecule has 0 bridgehead atoms. The second-order valence-corrected chi connectivity index (χ2v) is 5.89. The highest BCUT2D eigenvalue weighted by atomic mass is 35.5. The minimum Gasteiger partial charge on any atom is -0.351 e. The lowest BCUT2D eigenvalue weighted by molar-refractivity contribution is -0.120. The number of hydrogen-bond donors (Lipinski definition) is 2. The van der Waals surface area contributed by atoms with Gasteiger partial charge in [-0.25, -0.2) is 0 Å². The second-order valence-electron chi connectivity index (χ2n) is 5.89. The molecule has 1 aromatic rings. The van der Waals surface area contributed by atoms with Crippen molar-refractivity contribution in [1.29, 1.82) is 0 Å². The summed E-state index contributed by atoms with van der Waals surface area (Å²) in [5.74, 6) is 0.0404. The molecule has 0 aromatic heterocycles. The number of likely N-dealkylation sites (N-methyl/N-ethyl adjacent to an activating group) is 1. The van der Waals surface area contributed by atoms with E-state index in [1.165, 1.54) is 36.9 Å². The van der Waals surface area contributed by atoms with Gasteiger partial charge in [-0.05, 0) is 44.5 Å². The molecule has 0 aliphatic carbocycles. The second kappa shape index (κ2) is 9.82. The van der Waals surface area contributed by atoms with E-state index in [4.69, 9.17) is 0 Å². The first-order chi connectivity index (χ1) is 10.2. The fourth-order valence-corrected chi connectivity index (χ4v) is 2.91. The van der Waals surface area contributed by atoms with Gasteiger partial charge in [-0.15, -0.1) is 12.4 Å². The topological polar surface area (TPSA) is 44.4 Å². The number of halogens is 1. The Balaban J connectivity index is 0.00000242. The van der Waals surface area contributed by atoms with E-state index >= 15 is 0 Å². The minimum absolute atomic E-state index is 0. The molecule has 0 radical (unpaired) electrons. The van der Waals surface area contributed by atoms with Gasteiger partial charge in [0.2, 0.25) is 5.91 Å². The maximum absolute atomic E-state index is 11.6. The van der Waals surface area contributed by atoms with Gasteiger partial charge in [0.05, 0.1) is 6.54 Å². The summed E-state index contributed by atoms with van der Waals surface area (Å²) in [4.78, 5) is 14.1. The van der Waals surface area contributed by atoms with E-state index < -0.39 is 0 Å². The summed E-state index contributed by atoms with van der Waals surface area (Å²) >= 11 is 0. The van der Waals surface area contributed by atoms with Crippen LogP contribution >= 0.6 is 12.4 Å². The quantitative estimate of drug-likeness (QED) is 0.843. The number of rotatable bonds is 6. The number of nitrogens with one attached hydrogen (secondary N) is 2. The first-order valence-corrected chi connectivity index (χ1v) is 7.93. The molecule has 1 fully saturated rings. The Morgan fingerprint density at radius 1 is 1.27 bits per heavy atom. The summed E-state index contributed by atoms with van der Waals surface area (Å²) in [6.45, 7) is 5.46. The van der Waals surface area contributed by atoms with Crippen LogP contribution in [-0.4, -0.2) is 37.0 Å². The fourth-order valence-electron chi connectivity index (χ4n) is 2.91. The van der Waals surface area contributed by atoms with Crippen LogP contribution in [0.1, 0.15) is 37.3 Å². The molecule has 5 heteroatoms. The van der Waals surface area contributed by atoms with Crippen LogP contribution in [0.2, 0.25) is 0 Å². The average molecular weight is 326 g/mol. The maximum atomic E-state index is 11.6. The third kappa shape index (κ3) is 5.59. The summed E-state index contributed by atoms with van der Waals surface area (Å²) in [5.41, 5.74) is 2.55. The Kier molecular flexibility index (Phi) is 8.46. The molecule has 1 unspecified atom stereocenters. The van der Waals surface area contributed by atoms with Gasteiger partial charge < -0.3 is 10.6 Å². The van der Waals surface area contributed by atoms with Gasteiger partial charge in [0.1, 0.15) is 0 Å². The maximum Gasteiger partial charge on any atom is 0.234 e. The standard InChI is InChI=1S/C17H27N3O.ClH/c1-14-7-5-6-10-20(14)13-16-9-4-3-8-15(16)11-19-17(21)12-18-2;/h3-4,8-9,14,18H,5-7,10-13H2,1-2H3,(H,19,21);1H. The van der Waals surface area contributed by atoms with E-state index in [1.54, 1.807) is 7.05 Å². The Bertz CT molecular complexity index is 467. The predicted molar refractivity (Wildman–Crippen MR) is 93.2 cm³/mol. The lowest BCUT2D eigenvalue weighted by Gasteiger charge is -2.33. The molecule has 2 rings (SSSR count). The molecule has 1 atom stereocenters. The number of benzene rings is 1. The molecule has 1 aliphatic heterocycles. The highest BCUT2D eigenvalue weighted by Crippen LogP contribution is 2.20. The zero-order valence-corrected chi connectivity index (χ0v) is 14.4. The molecule has 4 nitrogen and oxygen atoms in total. The first kappa shape index (κ1) is 18.9. The molecule has 1 heterocycles. The summed E-state index contributed by atoms with van der Waals surface area (Å²) in [6.07, 6.45) is 3.94. The molecule has 22 heavy (non-hydrogen) atoms. The summed E-state index contributed by atoms with van der Waals surface area (Å²) < 4.78 is 0. The van der Waals surface area contributed by atoms with Crippen molar-refractivity contribution in [3.05, 3.63) is 35.4 Å². The lowest BCUT2D eigenvalue weighted by Crippen LogP contribution is -2.37. The van der Waals surface area contributed by atoms with Crippen molar-refractivity contribution >= 4 is 18.3 Å². The van der Waals surface area contributed by atoms with Gasteiger partial charge in [-0.3, -0.25) is 9.69 Å². The molecule has 0 saturated carbocycles. The van der Waals surface area contributed by atoms with Crippen molar-refractivity contribution in [2.75, 3.05) is 20.1 Å². The van der Waals surface area contributed by atoms with E-state index in [0.717, 1.165) is 6.54 Å². The van der Waals surface area contributed by atoms with E-state index in [-0.39, 0.29) is 18.3 Å². The predicted octanol–water partition coefficient (Wildman–Crippen LogP) is 2.32. The number of nitrogens with zero attached hydrogens (tertiary/aromatic N) is 1. The number of carbonyl (C=O) groups is 1. The zero-order chi connectivity index (χ0) is 15.1. The van der Waals surface area contributed by atoms with E-state index in [1.807, 2.05) is 6.07 Å². The molecular formula is C17H28ClN3O.